The highest BCUT2D eigenvalue weighted by atomic mass is 16.1. The molecule has 0 aromatic heterocycles. The topological polar surface area (TPSA) is 17.1 Å². The van der Waals surface area contributed by atoms with Crippen LogP contribution < -0.4 is 0 Å². The third-order valence-electron chi connectivity index (χ3n) is 2.88. The lowest BCUT2D eigenvalue weighted by Crippen LogP contribution is -2.19. The molecule has 0 aliphatic heterocycles. The van der Waals surface area contributed by atoms with Crippen LogP contribution in [0.3, 0.4) is 0 Å². The lowest BCUT2D eigenvalue weighted by molar-refractivity contribution is -0.126. The fourth-order valence-electron chi connectivity index (χ4n) is 1.36. The highest BCUT2D eigenvalue weighted by Crippen LogP contribution is 2.19. The lowest BCUT2D eigenvalue weighted by Gasteiger charge is -2.16. The minimum Gasteiger partial charge on any atom is -0.299 e. The first-order valence-electron chi connectivity index (χ1n) is 5.91. The number of hydrogen-bond acceptors (Lipinski definition) is 1. The average Bonchev–Trinajstić information content (AvgIpc) is 2.09. The van der Waals surface area contributed by atoms with Crippen molar-refractivity contribution in [2.24, 2.45) is 11.3 Å². The molecule has 0 unspecified atom stereocenters. The van der Waals surface area contributed by atoms with Gasteiger partial charge in [-0.3, -0.25) is 4.79 Å². The predicted octanol–water partition coefficient (Wildman–Crippen LogP) is 4.21. The maximum Gasteiger partial charge on any atom is 0.138 e. The SMILES string of the molecule is CC[C@H](C)CCCCC(=O)C(C)(C)C. The Hall–Kier alpha value is -0.330. The van der Waals surface area contributed by atoms with Gasteiger partial charge in [-0.25, -0.2) is 0 Å². The molecule has 1 heteroatoms. The molecule has 0 aromatic carbocycles. The first kappa shape index (κ1) is 13.7. The number of hydrogen-bond donors (Lipinski definition) is 0. The van der Waals surface area contributed by atoms with Crippen molar-refractivity contribution < 1.29 is 4.79 Å². The maximum absolute atomic E-state index is 11.6. The van der Waals surface area contributed by atoms with Crippen LogP contribution in [0.15, 0.2) is 0 Å². The van der Waals surface area contributed by atoms with Crippen LogP contribution in [0.5, 0.6) is 0 Å². The van der Waals surface area contributed by atoms with E-state index in [1.165, 1.54) is 19.3 Å². The van der Waals surface area contributed by atoms with E-state index in [9.17, 15) is 4.79 Å². The number of rotatable bonds is 6. The van der Waals surface area contributed by atoms with Gasteiger partial charge in [0.1, 0.15) is 5.78 Å². The van der Waals surface area contributed by atoms with Gasteiger partial charge in [-0.1, -0.05) is 53.9 Å². The highest BCUT2D eigenvalue weighted by molar-refractivity contribution is 5.83. The van der Waals surface area contributed by atoms with Crippen molar-refractivity contribution in [1.29, 1.82) is 0 Å². The molecule has 0 saturated carbocycles. The molecule has 0 aromatic rings. The highest BCUT2D eigenvalue weighted by Gasteiger charge is 2.19. The molecule has 0 aliphatic rings. The zero-order valence-corrected chi connectivity index (χ0v) is 10.5. The van der Waals surface area contributed by atoms with Gasteiger partial charge in [-0.15, -0.1) is 0 Å². The molecule has 0 rings (SSSR count). The van der Waals surface area contributed by atoms with Gasteiger partial charge in [0.15, 0.2) is 0 Å². The third kappa shape index (κ3) is 6.17. The fraction of sp³-hybridized carbons (Fsp3) is 0.923. The fourth-order valence-corrected chi connectivity index (χ4v) is 1.36. The monoisotopic (exact) mass is 198 g/mol. The van der Waals surface area contributed by atoms with Gasteiger partial charge in [0.25, 0.3) is 0 Å². The van der Waals surface area contributed by atoms with Gasteiger partial charge in [-0.2, -0.15) is 0 Å². The van der Waals surface area contributed by atoms with Crippen LogP contribution >= 0.6 is 0 Å². The summed E-state index contributed by atoms with van der Waals surface area (Å²) >= 11 is 0. The Morgan fingerprint density at radius 2 is 1.79 bits per heavy atom. The summed E-state index contributed by atoms with van der Waals surface area (Å²) in [5.74, 6) is 1.22. The Labute approximate surface area is 89.3 Å². The van der Waals surface area contributed by atoms with Gasteiger partial charge in [0, 0.05) is 11.8 Å². The summed E-state index contributed by atoms with van der Waals surface area (Å²) in [4.78, 5) is 11.6. The Kier molecular flexibility index (Phi) is 6.06. The van der Waals surface area contributed by atoms with Crippen molar-refractivity contribution >= 4 is 5.78 Å². The summed E-state index contributed by atoms with van der Waals surface area (Å²) in [6.07, 6.45) is 5.57. The maximum atomic E-state index is 11.6. The van der Waals surface area contributed by atoms with Gasteiger partial charge in [0.05, 0.1) is 0 Å². The van der Waals surface area contributed by atoms with Gasteiger partial charge < -0.3 is 0 Å². The van der Waals surface area contributed by atoms with E-state index < -0.39 is 0 Å². The van der Waals surface area contributed by atoms with E-state index in [0.29, 0.717) is 5.78 Å². The minimum absolute atomic E-state index is 0.142. The van der Waals surface area contributed by atoms with E-state index in [2.05, 4.69) is 13.8 Å². The number of carbonyl (C=O) groups is 1. The Morgan fingerprint density at radius 3 is 2.21 bits per heavy atom. The summed E-state index contributed by atoms with van der Waals surface area (Å²) in [6, 6.07) is 0. The number of Topliss-reactive ketones (excluding diaryl/α,β-unsaturated/α-hetero) is 1. The van der Waals surface area contributed by atoms with E-state index >= 15 is 0 Å². The van der Waals surface area contributed by atoms with Crippen molar-refractivity contribution in [3.05, 3.63) is 0 Å². The first-order chi connectivity index (χ1) is 6.38. The predicted molar refractivity (Wildman–Crippen MR) is 62.4 cm³/mol. The molecule has 0 saturated heterocycles. The number of unbranched alkanes of at least 4 members (excludes halogenated alkanes) is 1. The van der Waals surface area contributed by atoms with Crippen molar-refractivity contribution in [3.8, 4) is 0 Å². The molecule has 0 bridgehead atoms. The summed E-state index contributed by atoms with van der Waals surface area (Å²) < 4.78 is 0. The molecule has 0 aliphatic carbocycles. The van der Waals surface area contributed by atoms with Gasteiger partial charge in [-0.05, 0) is 12.3 Å². The molecule has 0 radical (unpaired) electrons. The minimum atomic E-state index is -0.142. The Morgan fingerprint density at radius 1 is 1.21 bits per heavy atom. The Balaban J connectivity index is 3.51. The molecule has 0 N–H and O–H groups in total. The standard InChI is InChI=1S/C13H26O/c1-6-11(2)9-7-8-10-12(14)13(3,4)5/h11H,6-10H2,1-5H3/t11-/m0/s1. The largest absolute Gasteiger partial charge is 0.299 e. The second-order valence-corrected chi connectivity index (χ2v) is 5.43. The van der Waals surface area contributed by atoms with E-state index in [4.69, 9.17) is 0 Å². The molecule has 0 fully saturated rings. The second-order valence-electron chi connectivity index (χ2n) is 5.43. The average molecular weight is 198 g/mol. The van der Waals surface area contributed by atoms with Crippen LogP contribution in [0.2, 0.25) is 0 Å². The first-order valence-corrected chi connectivity index (χ1v) is 5.91. The molecule has 84 valence electrons. The molecule has 0 amide bonds. The van der Waals surface area contributed by atoms with E-state index in [1.807, 2.05) is 20.8 Å². The molecular formula is C13H26O. The second kappa shape index (κ2) is 6.21. The van der Waals surface area contributed by atoms with Crippen LogP contribution in [0.25, 0.3) is 0 Å². The number of carbonyl (C=O) groups excluding carboxylic acids is 1. The van der Waals surface area contributed by atoms with Crippen LogP contribution in [0, 0.1) is 11.3 Å². The molecule has 14 heavy (non-hydrogen) atoms. The van der Waals surface area contributed by atoms with E-state index in [1.54, 1.807) is 0 Å². The van der Waals surface area contributed by atoms with Crippen molar-refractivity contribution in [3.63, 3.8) is 0 Å². The van der Waals surface area contributed by atoms with Gasteiger partial charge >= 0.3 is 0 Å². The molecule has 0 heterocycles. The summed E-state index contributed by atoms with van der Waals surface area (Å²) in [5.41, 5.74) is -0.142. The number of ketones is 1. The van der Waals surface area contributed by atoms with E-state index in [-0.39, 0.29) is 5.41 Å². The molecule has 1 nitrogen and oxygen atoms in total. The van der Waals surface area contributed by atoms with Crippen molar-refractivity contribution in [2.45, 2.75) is 66.7 Å². The van der Waals surface area contributed by atoms with Crippen molar-refractivity contribution in [2.75, 3.05) is 0 Å². The summed E-state index contributed by atoms with van der Waals surface area (Å²) in [6.45, 7) is 10.5. The van der Waals surface area contributed by atoms with Crippen LogP contribution in [0.4, 0.5) is 0 Å². The lowest BCUT2D eigenvalue weighted by atomic mass is 9.87. The zero-order valence-electron chi connectivity index (χ0n) is 10.5. The zero-order chi connectivity index (χ0) is 11.2. The summed E-state index contributed by atoms with van der Waals surface area (Å²) in [5, 5.41) is 0. The normalized spacial score (nSPS) is 14.1. The molecule has 0 spiro atoms. The molecular weight excluding hydrogens is 172 g/mol. The van der Waals surface area contributed by atoms with E-state index in [0.717, 1.165) is 18.8 Å². The molecule has 1 atom stereocenters. The quantitative estimate of drug-likeness (QED) is 0.584. The van der Waals surface area contributed by atoms with Crippen molar-refractivity contribution in [1.82, 2.24) is 0 Å². The van der Waals surface area contributed by atoms with Gasteiger partial charge in [0.2, 0.25) is 0 Å². The van der Waals surface area contributed by atoms with Crippen LogP contribution in [0.1, 0.15) is 66.7 Å². The third-order valence-corrected chi connectivity index (χ3v) is 2.88. The van der Waals surface area contributed by atoms with Crippen LogP contribution in [-0.2, 0) is 4.79 Å². The Bertz CT molecular complexity index is 165. The summed E-state index contributed by atoms with van der Waals surface area (Å²) in [7, 11) is 0. The van der Waals surface area contributed by atoms with Crippen LogP contribution in [-0.4, -0.2) is 5.78 Å². The smallest absolute Gasteiger partial charge is 0.138 e.